The molecule has 2 fully saturated rings. The average molecular weight is 547 g/mol. The van der Waals surface area contributed by atoms with Crippen molar-refractivity contribution in [2.75, 3.05) is 23.9 Å². The molecule has 1 atom stereocenters. The number of amidine groups is 1. The minimum Gasteiger partial charge on any atom is -0.409 e. The molecule has 4 N–H and O–H groups in total. The first-order chi connectivity index (χ1) is 18.6. The summed E-state index contributed by atoms with van der Waals surface area (Å²) in [6.07, 6.45) is 3.47. The number of nitrogens with one attached hydrogen (secondary N) is 1. The summed E-state index contributed by atoms with van der Waals surface area (Å²) in [5.41, 5.74) is 6.41. The van der Waals surface area contributed by atoms with E-state index in [1.54, 1.807) is 0 Å². The van der Waals surface area contributed by atoms with E-state index in [-0.39, 0.29) is 30.1 Å². The number of alkyl halides is 3. The highest BCUT2D eigenvalue weighted by Crippen LogP contribution is 2.38. The summed E-state index contributed by atoms with van der Waals surface area (Å²) in [4.78, 5) is 17.5. The van der Waals surface area contributed by atoms with Gasteiger partial charge in [-0.15, -0.1) is 0 Å². The van der Waals surface area contributed by atoms with Crippen molar-refractivity contribution >= 4 is 29.9 Å². The highest BCUT2D eigenvalue weighted by Gasteiger charge is 2.31. The average Bonchev–Trinajstić information content (AvgIpc) is 3.41. The van der Waals surface area contributed by atoms with Crippen molar-refractivity contribution in [2.24, 2.45) is 21.8 Å². The molecule has 2 aliphatic rings. The largest absolute Gasteiger partial charge is 0.416 e. The van der Waals surface area contributed by atoms with E-state index < -0.39 is 11.7 Å². The molecule has 1 heterocycles. The maximum atomic E-state index is 13.2. The Balaban J connectivity index is 1.76. The molecule has 0 saturated heterocycles. The Kier molecular flexibility index (Phi) is 8.94. The van der Waals surface area contributed by atoms with Crippen LogP contribution in [0.1, 0.15) is 68.8 Å². The normalized spacial score (nSPS) is 17.7. The molecule has 0 aliphatic heterocycles. The van der Waals surface area contributed by atoms with Crippen LogP contribution in [0.15, 0.2) is 34.4 Å². The van der Waals surface area contributed by atoms with Crippen molar-refractivity contribution < 1.29 is 18.4 Å². The van der Waals surface area contributed by atoms with Crippen molar-refractivity contribution in [2.45, 2.75) is 76.7 Å². The highest BCUT2D eigenvalue weighted by atomic mass is 19.4. The lowest BCUT2D eigenvalue weighted by Crippen LogP contribution is -2.41. The van der Waals surface area contributed by atoms with Gasteiger partial charge < -0.3 is 21.2 Å². The van der Waals surface area contributed by atoms with Gasteiger partial charge >= 0.3 is 6.18 Å². The lowest BCUT2D eigenvalue weighted by Gasteiger charge is -2.36. The summed E-state index contributed by atoms with van der Waals surface area (Å²) in [6.45, 7) is 6.55. The Labute approximate surface area is 227 Å². The fourth-order valence-electron chi connectivity index (χ4n) is 5.33. The van der Waals surface area contributed by atoms with Gasteiger partial charge in [0.15, 0.2) is 11.6 Å². The molecule has 1 aromatic heterocycles. The lowest BCUT2D eigenvalue weighted by atomic mass is 9.80. The number of nitrogens with zero attached hydrogens (tertiary/aromatic N) is 6. The van der Waals surface area contributed by atoms with Gasteiger partial charge in [-0.2, -0.15) is 13.2 Å². The van der Waals surface area contributed by atoms with E-state index in [1.807, 2.05) is 11.9 Å². The van der Waals surface area contributed by atoms with Crippen LogP contribution in [-0.4, -0.2) is 58.4 Å². The van der Waals surface area contributed by atoms with Crippen LogP contribution in [0.25, 0.3) is 0 Å². The third kappa shape index (κ3) is 6.78. The van der Waals surface area contributed by atoms with Gasteiger partial charge in [0.1, 0.15) is 5.69 Å². The van der Waals surface area contributed by atoms with Crippen LogP contribution in [0.4, 0.5) is 30.5 Å². The number of rotatable bonds is 11. The van der Waals surface area contributed by atoms with Gasteiger partial charge in [0, 0.05) is 18.6 Å². The van der Waals surface area contributed by atoms with Gasteiger partial charge in [-0.1, -0.05) is 36.6 Å². The van der Waals surface area contributed by atoms with E-state index in [2.05, 4.69) is 44.0 Å². The van der Waals surface area contributed by atoms with Crippen LogP contribution in [0.2, 0.25) is 0 Å². The van der Waals surface area contributed by atoms with Crippen LogP contribution >= 0.6 is 0 Å². The van der Waals surface area contributed by atoms with Crippen molar-refractivity contribution in [3.8, 4) is 0 Å². The summed E-state index contributed by atoms with van der Waals surface area (Å²) < 4.78 is 39.6. The van der Waals surface area contributed by atoms with E-state index in [1.165, 1.54) is 18.6 Å². The van der Waals surface area contributed by atoms with Crippen LogP contribution in [-0.2, 0) is 12.7 Å². The molecule has 2 aromatic rings. The molecule has 2 aliphatic carbocycles. The quantitative estimate of drug-likeness (QED) is 0.114. The second-order valence-corrected chi connectivity index (χ2v) is 10.6. The van der Waals surface area contributed by atoms with E-state index in [0.717, 1.165) is 50.7 Å². The molecule has 39 heavy (non-hydrogen) atoms. The molecule has 12 heteroatoms. The molecule has 0 spiro atoms. The minimum absolute atomic E-state index is 0.00517. The maximum absolute atomic E-state index is 13.2. The zero-order valence-corrected chi connectivity index (χ0v) is 22.5. The number of aliphatic imine (C=N–C) groups is 1. The second-order valence-electron chi connectivity index (χ2n) is 10.6. The third-order valence-corrected chi connectivity index (χ3v) is 7.89. The molecule has 4 rings (SSSR count). The van der Waals surface area contributed by atoms with Crippen LogP contribution in [0.5, 0.6) is 0 Å². The molecular weight excluding hydrogens is 509 g/mol. The Hall–Kier alpha value is -3.41. The number of anilines is 2. The van der Waals surface area contributed by atoms with E-state index in [9.17, 15) is 18.4 Å². The van der Waals surface area contributed by atoms with Gasteiger partial charge in [-0.05, 0) is 70.0 Å². The molecule has 2 saturated carbocycles. The Bertz CT molecular complexity index is 1160. The van der Waals surface area contributed by atoms with E-state index >= 15 is 0 Å². The molecule has 0 unspecified atom stereocenters. The monoisotopic (exact) mass is 546 g/mol. The van der Waals surface area contributed by atoms with Crippen molar-refractivity contribution in [3.05, 3.63) is 41.2 Å². The SMILES string of the molecule is C=Nc1nc(/C(N)=N/O)nc(N[C@H](C)C2CCC2)c1N(Cc1ccc(C(F)(F)F)cc1)CN(C)C1CCCC1. The zero-order chi connectivity index (χ0) is 28.2. The lowest BCUT2D eigenvalue weighted by molar-refractivity contribution is -0.137. The standard InChI is InChI=1S/C27H37F3N8O/c1-17(19-7-6-8-19)33-25-22(24(32-2)34-26(35-25)23(31)36-39)38(16-37(3)21-9-4-5-10-21)15-18-11-13-20(14-12-18)27(28,29)30/h11-14,17,19,21,39H,2,4-10,15-16H2,1,3H3,(H2,31,36)(H,33,34,35)/t17-/m1/s1. The van der Waals surface area contributed by atoms with Crippen LogP contribution in [0, 0.1) is 5.92 Å². The molecule has 0 amide bonds. The molecular formula is C27H37F3N8O. The first-order valence-corrected chi connectivity index (χ1v) is 13.3. The highest BCUT2D eigenvalue weighted by molar-refractivity contribution is 5.95. The van der Waals surface area contributed by atoms with Gasteiger partial charge in [0.05, 0.1) is 12.2 Å². The van der Waals surface area contributed by atoms with Crippen molar-refractivity contribution in [3.63, 3.8) is 0 Å². The van der Waals surface area contributed by atoms with Gasteiger partial charge in [-0.3, -0.25) is 4.90 Å². The van der Waals surface area contributed by atoms with Gasteiger partial charge in [-0.25, -0.2) is 15.0 Å². The fourth-order valence-corrected chi connectivity index (χ4v) is 5.33. The van der Waals surface area contributed by atoms with Crippen molar-refractivity contribution in [1.82, 2.24) is 14.9 Å². The molecule has 1 aromatic carbocycles. The summed E-state index contributed by atoms with van der Waals surface area (Å²) in [5, 5.41) is 15.8. The molecule has 9 nitrogen and oxygen atoms in total. The Morgan fingerprint density at radius 2 is 1.82 bits per heavy atom. The maximum Gasteiger partial charge on any atom is 0.416 e. The summed E-state index contributed by atoms with van der Waals surface area (Å²) in [6, 6.07) is 5.64. The van der Waals surface area contributed by atoms with E-state index in [0.29, 0.717) is 35.7 Å². The number of nitrogens with two attached hydrogens (primary N) is 1. The van der Waals surface area contributed by atoms with Crippen molar-refractivity contribution in [1.29, 1.82) is 0 Å². The second kappa shape index (κ2) is 12.2. The predicted molar refractivity (Wildman–Crippen MR) is 147 cm³/mol. The number of benzene rings is 1. The van der Waals surface area contributed by atoms with Gasteiger partial charge in [0.2, 0.25) is 11.7 Å². The first-order valence-electron chi connectivity index (χ1n) is 13.3. The third-order valence-electron chi connectivity index (χ3n) is 7.89. The zero-order valence-electron chi connectivity index (χ0n) is 22.5. The molecule has 212 valence electrons. The fraction of sp³-hybridized carbons (Fsp3) is 0.556. The minimum atomic E-state index is -4.41. The number of halogens is 3. The molecule has 0 bridgehead atoms. The summed E-state index contributed by atoms with van der Waals surface area (Å²) >= 11 is 0. The van der Waals surface area contributed by atoms with Crippen LogP contribution < -0.4 is 16.0 Å². The smallest absolute Gasteiger partial charge is 0.409 e. The predicted octanol–water partition coefficient (Wildman–Crippen LogP) is 5.36. The first kappa shape index (κ1) is 28.6. The Morgan fingerprint density at radius 1 is 1.15 bits per heavy atom. The number of hydrogen-bond donors (Lipinski definition) is 3. The Morgan fingerprint density at radius 3 is 2.36 bits per heavy atom. The summed E-state index contributed by atoms with van der Waals surface area (Å²) in [7, 11) is 2.05. The topological polar surface area (TPSA) is 115 Å². The number of hydrogen-bond acceptors (Lipinski definition) is 8. The van der Waals surface area contributed by atoms with E-state index in [4.69, 9.17) is 5.73 Å². The number of aromatic nitrogens is 2. The molecule has 0 radical (unpaired) electrons. The van der Waals surface area contributed by atoms with Gasteiger partial charge in [0.25, 0.3) is 0 Å². The summed E-state index contributed by atoms with van der Waals surface area (Å²) in [5.74, 6) is 0.917. The number of oxime groups is 1. The van der Waals surface area contributed by atoms with Crippen LogP contribution in [0.3, 0.4) is 0 Å².